The second-order valence-electron chi connectivity index (χ2n) is 8.01. The lowest BCUT2D eigenvalue weighted by Crippen LogP contribution is -2.17. The Hall–Kier alpha value is -3.38. The van der Waals surface area contributed by atoms with Crippen LogP contribution in [-0.4, -0.2) is 17.2 Å². The summed E-state index contributed by atoms with van der Waals surface area (Å²) in [6, 6.07) is 12.0. The highest BCUT2D eigenvalue weighted by Crippen LogP contribution is 2.36. The predicted molar refractivity (Wildman–Crippen MR) is 122 cm³/mol. The molecule has 0 bridgehead atoms. The minimum absolute atomic E-state index is 0.0691. The summed E-state index contributed by atoms with van der Waals surface area (Å²) in [5.41, 5.74) is 7.40. The summed E-state index contributed by atoms with van der Waals surface area (Å²) in [6.07, 6.45) is 3.23. The van der Waals surface area contributed by atoms with E-state index in [2.05, 4.69) is 20.4 Å². The number of para-hydroxylation sites is 1. The van der Waals surface area contributed by atoms with Gasteiger partial charge < -0.3 is 20.3 Å². The zero-order valence-electron chi connectivity index (χ0n) is 18.3. The van der Waals surface area contributed by atoms with Crippen molar-refractivity contribution < 1.29 is 23.8 Å². The molecule has 168 valence electrons. The van der Waals surface area contributed by atoms with Crippen molar-refractivity contribution in [1.29, 1.82) is 0 Å². The lowest BCUT2D eigenvalue weighted by atomic mass is 9.99. The number of allylic oxidation sites excluding steroid dienone is 3. The molecule has 1 unspecified atom stereocenters. The molecule has 3 rings (SSSR count). The first-order valence-electron chi connectivity index (χ1n) is 10.5. The SMILES string of the molecule is C=C/C(=C1/OC(CC(C)C)=CC1Oc1ccccc1CC(=O)O)c1cccc(CN)c1F. The highest BCUT2D eigenvalue weighted by Gasteiger charge is 2.30. The van der Waals surface area contributed by atoms with Crippen LogP contribution in [0.15, 0.2) is 72.7 Å². The summed E-state index contributed by atoms with van der Waals surface area (Å²) < 4.78 is 27.5. The standard InChI is InChI=1S/C26H28FNO4/c1-4-20(21-10-7-9-18(15-28)25(21)27)26-23(14-19(31-26)12-16(2)3)32-22-11-6-5-8-17(22)13-24(29)30/h4-11,14,16,23H,1,12-13,15,28H2,2-3H3,(H,29,30)/b26-20-. The van der Waals surface area contributed by atoms with E-state index in [0.29, 0.717) is 51.9 Å². The molecule has 6 heteroatoms. The number of nitrogens with two attached hydrogens (primary N) is 1. The molecule has 1 heterocycles. The van der Waals surface area contributed by atoms with Crippen molar-refractivity contribution in [3.8, 4) is 5.75 Å². The lowest BCUT2D eigenvalue weighted by Gasteiger charge is -2.19. The molecule has 0 aliphatic carbocycles. The van der Waals surface area contributed by atoms with Gasteiger partial charge in [-0.2, -0.15) is 0 Å². The normalized spacial score (nSPS) is 17.0. The van der Waals surface area contributed by atoms with E-state index in [0.717, 1.165) is 0 Å². The van der Waals surface area contributed by atoms with Gasteiger partial charge in [0, 0.05) is 41.3 Å². The van der Waals surface area contributed by atoms with Gasteiger partial charge in [0.2, 0.25) is 0 Å². The van der Waals surface area contributed by atoms with E-state index in [1.54, 1.807) is 48.5 Å². The van der Waals surface area contributed by atoms with E-state index in [-0.39, 0.29) is 13.0 Å². The molecule has 1 aliphatic rings. The maximum absolute atomic E-state index is 15.1. The third-order valence-electron chi connectivity index (χ3n) is 5.07. The van der Waals surface area contributed by atoms with Crippen molar-refractivity contribution in [2.75, 3.05) is 0 Å². The van der Waals surface area contributed by atoms with Gasteiger partial charge in [0.15, 0.2) is 11.9 Å². The minimum Gasteiger partial charge on any atom is -0.481 e. The quantitative estimate of drug-likeness (QED) is 0.562. The lowest BCUT2D eigenvalue weighted by molar-refractivity contribution is -0.136. The van der Waals surface area contributed by atoms with Gasteiger partial charge >= 0.3 is 5.97 Å². The molecule has 0 radical (unpaired) electrons. The third-order valence-corrected chi connectivity index (χ3v) is 5.07. The Labute approximate surface area is 187 Å². The Morgan fingerprint density at radius 1 is 1.25 bits per heavy atom. The van der Waals surface area contributed by atoms with Crippen molar-refractivity contribution in [3.05, 3.63) is 95.2 Å². The fraction of sp³-hybridized carbons (Fsp3) is 0.269. The topological polar surface area (TPSA) is 81.8 Å². The van der Waals surface area contributed by atoms with Crippen molar-refractivity contribution in [2.45, 2.75) is 39.3 Å². The number of halogens is 1. The molecule has 1 aliphatic heterocycles. The maximum atomic E-state index is 15.1. The van der Waals surface area contributed by atoms with Gasteiger partial charge in [-0.25, -0.2) is 4.39 Å². The monoisotopic (exact) mass is 437 g/mol. The predicted octanol–water partition coefficient (Wildman–Crippen LogP) is 5.22. The fourth-order valence-electron chi connectivity index (χ4n) is 3.64. The second kappa shape index (κ2) is 10.3. The van der Waals surface area contributed by atoms with Crippen molar-refractivity contribution in [2.24, 2.45) is 11.7 Å². The zero-order valence-corrected chi connectivity index (χ0v) is 18.3. The van der Waals surface area contributed by atoms with Crippen LogP contribution in [0.5, 0.6) is 5.75 Å². The number of benzene rings is 2. The van der Waals surface area contributed by atoms with Crippen LogP contribution in [0.25, 0.3) is 5.57 Å². The van der Waals surface area contributed by atoms with E-state index < -0.39 is 17.9 Å². The molecule has 0 aromatic heterocycles. The van der Waals surface area contributed by atoms with Gasteiger partial charge in [-0.05, 0) is 12.0 Å². The first-order valence-corrected chi connectivity index (χ1v) is 10.5. The van der Waals surface area contributed by atoms with Crippen LogP contribution in [0.1, 0.15) is 37.0 Å². The van der Waals surface area contributed by atoms with Gasteiger partial charge in [0.05, 0.1) is 6.42 Å². The third kappa shape index (κ3) is 5.26. The minimum atomic E-state index is -0.956. The highest BCUT2D eigenvalue weighted by atomic mass is 19.1. The van der Waals surface area contributed by atoms with Crippen molar-refractivity contribution >= 4 is 11.5 Å². The van der Waals surface area contributed by atoms with E-state index >= 15 is 4.39 Å². The fourth-order valence-corrected chi connectivity index (χ4v) is 3.64. The summed E-state index contributed by atoms with van der Waals surface area (Å²) >= 11 is 0. The molecule has 0 saturated carbocycles. The smallest absolute Gasteiger partial charge is 0.307 e. The van der Waals surface area contributed by atoms with Crippen LogP contribution in [0.3, 0.4) is 0 Å². The number of aliphatic carboxylic acids is 1. The molecular formula is C26H28FNO4. The molecule has 2 aromatic carbocycles. The van der Waals surface area contributed by atoms with E-state index in [1.807, 2.05) is 6.08 Å². The van der Waals surface area contributed by atoms with Crippen LogP contribution in [0.2, 0.25) is 0 Å². The molecule has 1 atom stereocenters. The van der Waals surface area contributed by atoms with Crippen molar-refractivity contribution in [3.63, 3.8) is 0 Å². The number of carbonyl (C=O) groups is 1. The average molecular weight is 438 g/mol. The molecule has 5 nitrogen and oxygen atoms in total. The number of rotatable bonds is 9. The summed E-state index contributed by atoms with van der Waals surface area (Å²) in [5, 5.41) is 9.23. The van der Waals surface area contributed by atoms with Crippen molar-refractivity contribution in [1.82, 2.24) is 0 Å². The van der Waals surface area contributed by atoms with Crippen LogP contribution >= 0.6 is 0 Å². The molecule has 0 fully saturated rings. The first kappa shape index (κ1) is 23.3. The average Bonchev–Trinajstić information content (AvgIpc) is 3.12. The Balaban J connectivity index is 2.08. The number of ether oxygens (including phenoxy) is 2. The zero-order chi connectivity index (χ0) is 23.3. The molecule has 0 saturated heterocycles. The van der Waals surface area contributed by atoms with Crippen LogP contribution < -0.4 is 10.5 Å². The van der Waals surface area contributed by atoms with Gasteiger partial charge in [-0.3, -0.25) is 4.79 Å². The van der Waals surface area contributed by atoms with E-state index in [4.69, 9.17) is 15.2 Å². The largest absolute Gasteiger partial charge is 0.481 e. The van der Waals surface area contributed by atoms with Crippen LogP contribution in [-0.2, 0) is 22.5 Å². The van der Waals surface area contributed by atoms with Gasteiger partial charge in [0.25, 0.3) is 0 Å². The van der Waals surface area contributed by atoms with Gasteiger partial charge in [-0.15, -0.1) is 0 Å². The van der Waals surface area contributed by atoms with Gasteiger partial charge in [0.1, 0.15) is 17.3 Å². The summed E-state index contributed by atoms with van der Waals surface area (Å²) in [6.45, 7) is 8.08. The Morgan fingerprint density at radius 2 is 1.97 bits per heavy atom. The Kier molecular flexibility index (Phi) is 7.49. The number of carboxylic acids is 1. The Morgan fingerprint density at radius 3 is 2.62 bits per heavy atom. The molecule has 2 aromatic rings. The molecule has 32 heavy (non-hydrogen) atoms. The van der Waals surface area contributed by atoms with E-state index in [9.17, 15) is 9.90 Å². The van der Waals surface area contributed by atoms with Crippen LogP contribution in [0.4, 0.5) is 4.39 Å². The molecule has 0 spiro atoms. The first-order chi connectivity index (χ1) is 15.3. The number of hydrogen-bond acceptors (Lipinski definition) is 4. The molecule has 0 amide bonds. The summed E-state index contributed by atoms with van der Waals surface area (Å²) in [4.78, 5) is 11.3. The molecular weight excluding hydrogens is 409 g/mol. The second-order valence-corrected chi connectivity index (χ2v) is 8.01. The maximum Gasteiger partial charge on any atom is 0.307 e. The summed E-state index contributed by atoms with van der Waals surface area (Å²) in [5.74, 6) is 0.512. The highest BCUT2D eigenvalue weighted by molar-refractivity contribution is 5.77. The van der Waals surface area contributed by atoms with E-state index in [1.165, 1.54) is 0 Å². The molecule has 3 N–H and O–H groups in total. The number of hydrogen-bond donors (Lipinski definition) is 2. The number of carboxylic acid groups (broad SMARTS) is 1. The van der Waals surface area contributed by atoms with Crippen LogP contribution in [0, 0.1) is 11.7 Å². The Bertz CT molecular complexity index is 1070. The summed E-state index contributed by atoms with van der Waals surface area (Å²) in [7, 11) is 0. The van der Waals surface area contributed by atoms with Gasteiger partial charge in [-0.1, -0.05) is 62.9 Å².